The zero-order valence-electron chi connectivity index (χ0n) is 12.3. The van der Waals surface area contributed by atoms with Crippen LogP contribution in [0.5, 0.6) is 0 Å². The molecule has 5 heteroatoms. The van der Waals surface area contributed by atoms with Gasteiger partial charge in [0.15, 0.2) is 0 Å². The van der Waals surface area contributed by atoms with Gasteiger partial charge in [-0.25, -0.2) is 5.43 Å². The molecule has 5 nitrogen and oxygen atoms in total. The van der Waals surface area contributed by atoms with Crippen molar-refractivity contribution in [2.45, 2.75) is 33.2 Å². The molecule has 21 heavy (non-hydrogen) atoms. The molecular formula is C16H18N4O. The van der Waals surface area contributed by atoms with E-state index >= 15 is 0 Å². The van der Waals surface area contributed by atoms with E-state index in [1.807, 2.05) is 38.1 Å². The lowest BCUT2D eigenvalue weighted by atomic mass is 10.1. The van der Waals surface area contributed by atoms with Crippen LogP contribution < -0.4 is 5.43 Å². The normalized spacial score (nSPS) is 15.2. The summed E-state index contributed by atoms with van der Waals surface area (Å²) < 4.78 is 1.69. The molecule has 0 unspecified atom stereocenters. The number of nitrogens with zero attached hydrogens (tertiary/aromatic N) is 3. The maximum atomic E-state index is 12.0. The Kier molecular flexibility index (Phi) is 3.56. The molecule has 108 valence electrons. The molecule has 0 atom stereocenters. The Bertz CT molecular complexity index is 715. The lowest BCUT2D eigenvalue weighted by Gasteiger charge is -2.04. The second kappa shape index (κ2) is 5.52. The van der Waals surface area contributed by atoms with Gasteiger partial charge in [0, 0.05) is 11.3 Å². The number of hydrazone groups is 1. The fourth-order valence-electron chi connectivity index (χ4n) is 2.66. The molecule has 0 radical (unpaired) electrons. The first-order valence-corrected chi connectivity index (χ1v) is 7.08. The minimum atomic E-state index is -0.155. The number of nitrogens with one attached hydrogen (secondary N) is 1. The van der Waals surface area contributed by atoms with Crippen molar-refractivity contribution in [3.8, 4) is 0 Å². The number of carbonyl (C=O) groups excluding carboxylic acids is 1. The highest BCUT2D eigenvalue weighted by Crippen LogP contribution is 2.21. The molecule has 1 aromatic carbocycles. The van der Waals surface area contributed by atoms with Crippen molar-refractivity contribution in [1.29, 1.82) is 0 Å². The predicted octanol–water partition coefficient (Wildman–Crippen LogP) is 1.97. The standard InChI is InChI=1S/C16H18N4O/c1-11-9-12(2)20(19-11)10-16(21)18-17-15-8-7-13-5-3-4-6-14(13)15/h3-6,9H,7-8,10H2,1-2H3,(H,18,21). The van der Waals surface area contributed by atoms with Crippen LogP contribution in [-0.4, -0.2) is 21.4 Å². The largest absolute Gasteiger partial charge is 0.271 e. The predicted molar refractivity (Wildman–Crippen MR) is 81.1 cm³/mol. The smallest absolute Gasteiger partial charge is 0.261 e. The number of aromatic nitrogens is 2. The Hall–Kier alpha value is -2.43. The summed E-state index contributed by atoms with van der Waals surface area (Å²) in [5, 5.41) is 8.55. The molecule has 0 fully saturated rings. The van der Waals surface area contributed by atoms with E-state index in [-0.39, 0.29) is 12.5 Å². The average Bonchev–Trinajstić information content (AvgIpc) is 3.00. The molecule has 2 aromatic rings. The number of rotatable bonds is 3. The lowest BCUT2D eigenvalue weighted by Crippen LogP contribution is -2.25. The van der Waals surface area contributed by atoms with E-state index < -0.39 is 0 Å². The fourth-order valence-corrected chi connectivity index (χ4v) is 2.66. The van der Waals surface area contributed by atoms with Crippen LogP contribution in [0.15, 0.2) is 35.4 Å². The summed E-state index contributed by atoms with van der Waals surface area (Å²) in [5.41, 5.74) is 7.91. The zero-order valence-corrected chi connectivity index (χ0v) is 12.3. The van der Waals surface area contributed by atoms with Gasteiger partial charge in [0.25, 0.3) is 5.91 Å². The van der Waals surface area contributed by atoms with Crippen molar-refractivity contribution in [2.75, 3.05) is 0 Å². The van der Waals surface area contributed by atoms with Crippen LogP contribution in [0.4, 0.5) is 0 Å². The van der Waals surface area contributed by atoms with Crippen LogP contribution in [-0.2, 0) is 17.8 Å². The van der Waals surface area contributed by atoms with Crippen LogP contribution in [0, 0.1) is 13.8 Å². The molecule has 1 amide bonds. The first kappa shape index (κ1) is 13.5. The fraction of sp³-hybridized carbons (Fsp3) is 0.312. The Morgan fingerprint density at radius 2 is 2.14 bits per heavy atom. The van der Waals surface area contributed by atoms with Crippen molar-refractivity contribution >= 4 is 11.6 Å². The van der Waals surface area contributed by atoms with Gasteiger partial charge < -0.3 is 0 Å². The molecule has 3 rings (SSSR count). The minimum Gasteiger partial charge on any atom is -0.271 e. The van der Waals surface area contributed by atoms with Crippen LogP contribution in [0.25, 0.3) is 0 Å². The zero-order chi connectivity index (χ0) is 14.8. The van der Waals surface area contributed by atoms with E-state index in [1.165, 1.54) is 5.56 Å². The summed E-state index contributed by atoms with van der Waals surface area (Å²) in [6.45, 7) is 4.04. The number of hydrogen-bond acceptors (Lipinski definition) is 3. The monoisotopic (exact) mass is 282 g/mol. The van der Waals surface area contributed by atoms with E-state index in [0.29, 0.717) is 0 Å². The highest BCUT2D eigenvalue weighted by molar-refractivity contribution is 6.04. The average molecular weight is 282 g/mol. The van der Waals surface area contributed by atoms with Crippen molar-refractivity contribution in [2.24, 2.45) is 5.10 Å². The Morgan fingerprint density at radius 1 is 1.33 bits per heavy atom. The van der Waals surface area contributed by atoms with Crippen molar-refractivity contribution in [3.05, 3.63) is 52.8 Å². The third kappa shape index (κ3) is 2.86. The molecule has 1 aliphatic carbocycles. The SMILES string of the molecule is Cc1cc(C)n(CC(=O)NN=C2CCc3ccccc32)n1. The molecule has 1 aliphatic rings. The maximum absolute atomic E-state index is 12.0. The highest BCUT2D eigenvalue weighted by Gasteiger charge is 2.17. The van der Waals surface area contributed by atoms with Gasteiger partial charge in [0.2, 0.25) is 0 Å². The molecule has 1 N–H and O–H groups in total. The number of aryl methyl sites for hydroxylation is 3. The van der Waals surface area contributed by atoms with Crippen LogP contribution in [0.2, 0.25) is 0 Å². The van der Waals surface area contributed by atoms with Crippen LogP contribution >= 0.6 is 0 Å². The van der Waals surface area contributed by atoms with Gasteiger partial charge in [-0.3, -0.25) is 9.48 Å². The van der Waals surface area contributed by atoms with Gasteiger partial charge >= 0.3 is 0 Å². The highest BCUT2D eigenvalue weighted by atomic mass is 16.2. The number of amides is 1. The second-order valence-electron chi connectivity index (χ2n) is 5.34. The molecule has 0 saturated heterocycles. The van der Waals surface area contributed by atoms with Gasteiger partial charge in [-0.05, 0) is 38.3 Å². The quantitative estimate of drug-likeness (QED) is 0.875. The van der Waals surface area contributed by atoms with Gasteiger partial charge in [-0.1, -0.05) is 24.3 Å². The molecule has 0 bridgehead atoms. The van der Waals surface area contributed by atoms with Gasteiger partial charge in [0.05, 0.1) is 11.4 Å². The molecule has 0 saturated carbocycles. The van der Waals surface area contributed by atoms with E-state index in [4.69, 9.17) is 0 Å². The molecule has 1 aromatic heterocycles. The molecule has 1 heterocycles. The Balaban J connectivity index is 1.67. The van der Waals surface area contributed by atoms with E-state index in [2.05, 4.69) is 21.7 Å². The van der Waals surface area contributed by atoms with E-state index in [0.717, 1.165) is 35.5 Å². The minimum absolute atomic E-state index is 0.155. The molecular weight excluding hydrogens is 264 g/mol. The van der Waals surface area contributed by atoms with Crippen molar-refractivity contribution < 1.29 is 4.79 Å². The first-order valence-electron chi connectivity index (χ1n) is 7.08. The summed E-state index contributed by atoms with van der Waals surface area (Å²) in [5.74, 6) is -0.155. The summed E-state index contributed by atoms with van der Waals surface area (Å²) in [6, 6.07) is 10.1. The van der Waals surface area contributed by atoms with Gasteiger partial charge in [0.1, 0.15) is 6.54 Å². The third-order valence-corrected chi connectivity index (χ3v) is 3.67. The lowest BCUT2D eigenvalue weighted by molar-refractivity contribution is -0.121. The Labute approximate surface area is 123 Å². The van der Waals surface area contributed by atoms with Crippen LogP contribution in [0.1, 0.15) is 28.9 Å². The number of carbonyl (C=O) groups is 1. The molecule has 0 aliphatic heterocycles. The first-order chi connectivity index (χ1) is 10.1. The number of hydrogen-bond donors (Lipinski definition) is 1. The topological polar surface area (TPSA) is 59.3 Å². The van der Waals surface area contributed by atoms with Crippen molar-refractivity contribution in [3.63, 3.8) is 0 Å². The number of fused-ring (bicyclic) bond motifs is 1. The summed E-state index contributed by atoms with van der Waals surface area (Å²) >= 11 is 0. The van der Waals surface area contributed by atoms with E-state index in [1.54, 1.807) is 4.68 Å². The summed E-state index contributed by atoms with van der Waals surface area (Å²) in [4.78, 5) is 12.0. The molecule has 0 spiro atoms. The second-order valence-corrected chi connectivity index (χ2v) is 5.34. The van der Waals surface area contributed by atoms with Gasteiger partial charge in [-0.15, -0.1) is 0 Å². The van der Waals surface area contributed by atoms with Crippen LogP contribution in [0.3, 0.4) is 0 Å². The Morgan fingerprint density at radius 3 is 2.90 bits per heavy atom. The summed E-state index contributed by atoms with van der Waals surface area (Å²) in [7, 11) is 0. The van der Waals surface area contributed by atoms with Gasteiger partial charge in [-0.2, -0.15) is 10.2 Å². The third-order valence-electron chi connectivity index (χ3n) is 3.67. The van der Waals surface area contributed by atoms with Crippen molar-refractivity contribution in [1.82, 2.24) is 15.2 Å². The number of benzene rings is 1. The maximum Gasteiger partial charge on any atom is 0.261 e. The summed E-state index contributed by atoms with van der Waals surface area (Å²) in [6.07, 6.45) is 1.86. The van der Waals surface area contributed by atoms with E-state index in [9.17, 15) is 4.79 Å².